The molecule has 2 unspecified atom stereocenters. The highest BCUT2D eigenvalue weighted by Gasteiger charge is 2.25. The van der Waals surface area contributed by atoms with Crippen LogP contribution in [-0.2, 0) is 0 Å². The molecule has 1 aromatic carbocycles. The number of benzene rings is 1. The second-order valence-electron chi connectivity index (χ2n) is 7.61. The average molecular weight is 414 g/mol. The van der Waals surface area contributed by atoms with Crippen LogP contribution in [-0.4, -0.2) is 50.3 Å². The Bertz CT molecular complexity index is 827. The van der Waals surface area contributed by atoms with Crippen molar-refractivity contribution in [2.24, 2.45) is 4.99 Å². The molecule has 0 aliphatic carbocycles. The predicted molar refractivity (Wildman–Crippen MR) is 120 cm³/mol. The summed E-state index contributed by atoms with van der Waals surface area (Å²) >= 11 is 0. The normalized spacial score (nSPS) is 17.7. The summed E-state index contributed by atoms with van der Waals surface area (Å²) in [6.07, 6.45) is 3.51. The van der Waals surface area contributed by atoms with Gasteiger partial charge in [-0.3, -0.25) is 4.99 Å². The summed E-state index contributed by atoms with van der Waals surface area (Å²) in [7, 11) is 1.68. The smallest absolute Gasteiger partial charge is 0.191 e. The molecule has 7 heteroatoms. The van der Waals surface area contributed by atoms with Crippen molar-refractivity contribution in [2.75, 3.05) is 38.2 Å². The molecule has 0 radical (unpaired) electrons. The number of hydrogen-bond donors (Lipinski definition) is 2. The zero-order valence-electron chi connectivity index (χ0n) is 18.1. The van der Waals surface area contributed by atoms with E-state index in [1.807, 2.05) is 17.0 Å². The van der Waals surface area contributed by atoms with Crippen molar-refractivity contribution in [2.45, 2.75) is 38.6 Å². The molecule has 1 fully saturated rings. The predicted octanol–water partition coefficient (Wildman–Crippen LogP) is 3.56. The van der Waals surface area contributed by atoms with Crippen molar-refractivity contribution >= 4 is 11.8 Å². The van der Waals surface area contributed by atoms with Crippen LogP contribution in [0.5, 0.6) is 5.75 Å². The van der Waals surface area contributed by atoms with Crippen LogP contribution in [0.2, 0.25) is 0 Å². The fraction of sp³-hybridized carbons (Fsp3) is 0.478. The van der Waals surface area contributed by atoms with E-state index in [-0.39, 0.29) is 11.9 Å². The van der Waals surface area contributed by atoms with E-state index in [0.717, 1.165) is 44.2 Å². The largest absolute Gasteiger partial charge is 0.497 e. The summed E-state index contributed by atoms with van der Waals surface area (Å²) < 4.78 is 19.2. The molecule has 1 aromatic heterocycles. The van der Waals surface area contributed by atoms with Gasteiger partial charge in [-0.05, 0) is 55.5 Å². The second-order valence-corrected chi connectivity index (χ2v) is 7.61. The van der Waals surface area contributed by atoms with E-state index in [2.05, 4.69) is 41.6 Å². The Balaban J connectivity index is 1.52. The lowest BCUT2D eigenvalue weighted by Crippen LogP contribution is -2.44. The van der Waals surface area contributed by atoms with Crippen LogP contribution < -0.4 is 20.3 Å². The number of rotatable bonds is 8. The van der Waals surface area contributed by atoms with Crippen LogP contribution in [0.1, 0.15) is 38.2 Å². The van der Waals surface area contributed by atoms with E-state index in [9.17, 15) is 4.39 Å². The van der Waals surface area contributed by atoms with Crippen molar-refractivity contribution in [1.82, 2.24) is 15.6 Å². The summed E-state index contributed by atoms with van der Waals surface area (Å²) in [5.74, 6) is 2.26. The molecule has 30 heavy (non-hydrogen) atoms. The Morgan fingerprint density at radius 3 is 2.83 bits per heavy atom. The number of hydrogen-bond acceptors (Lipinski definition) is 4. The van der Waals surface area contributed by atoms with E-state index in [1.165, 1.54) is 11.6 Å². The molecule has 1 aliphatic rings. The first-order valence-corrected chi connectivity index (χ1v) is 10.6. The molecule has 3 rings (SSSR count). The molecule has 0 spiro atoms. The Kier molecular flexibility index (Phi) is 7.88. The molecule has 2 aromatic rings. The van der Waals surface area contributed by atoms with Gasteiger partial charge in [-0.2, -0.15) is 0 Å². The van der Waals surface area contributed by atoms with Crippen molar-refractivity contribution < 1.29 is 9.13 Å². The van der Waals surface area contributed by atoms with Crippen LogP contribution in [0.3, 0.4) is 0 Å². The van der Waals surface area contributed by atoms with Crippen molar-refractivity contribution in [3.8, 4) is 5.75 Å². The van der Waals surface area contributed by atoms with Crippen molar-refractivity contribution in [3.63, 3.8) is 0 Å². The van der Waals surface area contributed by atoms with Gasteiger partial charge < -0.3 is 20.3 Å². The van der Waals surface area contributed by atoms with Crippen LogP contribution in [0.25, 0.3) is 0 Å². The molecule has 1 saturated heterocycles. The fourth-order valence-electron chi connectivity index (χ4n) is 3.66. The van der Waals surface area contributed by atoms with Gasteiger partial charge in [-0.1, -0.05) is 19.1 Å². The first kappa shape index (κ1) is 21.9. The van der Waals surface area contributed by atoms with Crippen LogP contribution >= 0.6 is 0 Å². The lowest BCUT2D eigenvalue weighted by molar-refractivity contribution is 0.414. The molecule has 1 aliphatic heterocycles. The maximum Gasteiger partial charge on any atom is 0.191 e. The zero-order valence-corrected chi connectivity index (χ0v) is 18.1. The van der Waals surface area contributed by atoms with Gasteiger partial charge in [0.1, 0.15) is 5.75 Å². The monoisotopic (exact) mass is 413 g/mol. The summed E-state index contributed by atoms with van der Waals surface area (Å²) in [5.41, 5.74) is 1.28. The minimum Gasteiger partial charge on any atom is -0.497 e. The number of aromatic nitrogens is 1. The Morgan fingerprint density at radius 2 is 2.13 bits per heavy atom. The minimum atomic E-state index is -0.272. The van der Waals surface area contributed by atoms with Gasteiger partial charge in [0.25, 0.3) is 0 Å². The third kappa shape index (κ3) is 5.84. The average Bonchev–Trinajstić information content (AvgIpc) is 3.22. The first-order valence-electron chi connectivity index (χ1n) is 10.6. The number of methoxy groups -OCH3 is 1. The van der Waals surface area contributed by atoms with E-state index < -0.39 is 0 Å². The molecular formula is C23H32FN5O. The Morgan fingerprint density at radius 1 is 1.33 bits per heavy atom. The van der Waals surface area contributed by atoms with Crippen molar-refractivity contribution in [1.29, 1.82) is 0 Å². The van der Waals surface area contributed by atoms with Gasteiger partial charge in [0.2, 0.25) is 0 Å². The Hall–Kier alpha value is -2.83. The number of nitrogens with one attached hydrogen (secondary N) is 2. The molecule has 2 heterocycles. The van der Waals surface area contributed by atoms with Gasteiger partial charge in [0.15, 0.2) is 17.6 Å². The minimum absolute atomic E-state index is 0.211. The molecular weight excluding hydrogens is 381 g/mol. The van der Waals surface area contributed by atoms with E-state index in [0.29, 0.717) is 18.3 Å². The number of anilines is 1. The maximum absolute atomic E-state index is 14.0. The molecule has 2 atom stereocenters. The summed E-state index contributed by atoms with van der Waals surface area (Å²) in [4.78, 5) is 10.9. The number of aliphatic imine (C=N–C) groups is 1. The third-order valence-corrected chi connectivity index (χ3v) is 5.43. The molecule has 6 nitrogen and oxygen atoms in total. The number of ether oxygens (including phenoxy) is 1. The quantitative estimate of drug-likeness (QED) is 0.512. The van der Waals surface area contributed by atoms with E-state index in [1.54, 1.807) is 19.4 Å². The van der Waals surface area contributed by atoms with Crippen molar-refractivity contribution in [3.05, 3.63) is 54.0 Å². The number of nitrogens with zero attached hydrogens (tertiary/aromatic N) is 3. The topological polar surface area (TPSA) is 61.8 Å². The van der Waals surface area contributed by atoms with E-state index in [4.69, 9.17) is 9.73 Å². The van der Waals surface area contributed by atoms with Gasteiger partial charge in [0.05, 0.1) is 7.11 Å². The van der Waals surface area contributed by atoms with Gasteiger partial charge in [-0.15, -0.1) is 0 Å². The van der Waals surface area contributed by atoms with Crippen LogP contribution in [0, 0.1) is 5.82 Å². The highest BCUT2D eigenvalue weighted by atomic mass is 19.1. The van der Waals surface area contributed by atoms with Crippen LogP contribution in [0.15, 0.2) is 47.6 Å². The SMILES string of the molecule is CCNC(=NCCC(C)c1ccc(OC)cc1)NC1CCN(c2ncccc2F)C1. The maximum atomic E-state index is 14.0. The second kappa shape index (κ2) is 10.8. The number of guanidine groups is 1. The van der Waals surface area contributed by atoms with Gasteiger partial charge in [-0.25, -0.2) is 9.37 Å². The highest BCUT2D eigenvalue weighted by molar-refractivity contribution is 5.80. The number of pyridine rings is 1. The van der Waals surface area contributed by atoms with Gasteiger partial charge >= 0.3 is 0 Å². The fourth-order valence-corrected chi connectivity index (χ4v) is 3.66. The lowest BCUT2D eigenvalue weighted by Gasteiger charge is -2.20. The highest BCUT2D eigenvalue weighted by Crippen LogP contribution is 2.22. The number of halogens is 1. The van der Waals surface area contributed by atoms with Crippen LogP contribution in [0.4, 0.5) is 10.2 Å². The lowest BCUT2D eigenvalue weighted by atomic mass is 9.98. The van der Waals surface area contributed by atoms with E-state index >= 15 is 0 Å². The molecule has 2 N–H and O–H groups in total. The standard InChI is InChI=1S/C23H32FN5O/c1-4-25-23(27-14-11-17(2)18-7-9-20(30-3)10-8-18)28-19-12-15-29(16-19)22-21(24)6-5-13-26-22/h5-10,13,17,19H,4,11-12,14-16H2,1-3H3,(H2,25,27,28). The van der Waals surface area contributed by atoms with Gasteiger partial charge in [0, 0.05) is 38.4 Å². The third-order valence-electron chi connectivity index (χ3n) is 5.43. The molecule has 0 amide bonds. The zero-order chi connectivity index (χ0) is 21.3. The molecule has 0 bridgehead atoms. The molecule has 0 saturated carbocycles. The first-order chi connectivity index (χ1) is 14.6. The molecule has 162 valence electrons. The summed E-state index contributed by atoms with van der Waals surface area (Å²) in [5, 5.41) is 6.81. The Labute approximate surface area is 178 Å². The summed E-state index contributed by atoms with van der Waals surface area (Å²) in [6, 6.07) is 11.5. The summed E-state index contributed by atoms with van der Waals surface area (Å²) in [6.45, 7) is 7.29.